The van der Waals surface area contributed by atoms with E-state index < -0.39 is 13.4 Å². The molecule has 142 valence electrons. The second kappa shape index (κ2) is 9.38. The summed E-state index contributed by atoms with van der Waals surface area (Å²) in [5.41, 5.74) is -1.14. The van der Waals surface area contributed by atoms with Crippen molar-refractivity contribution < 1.29 is 42.6 Å². The van der Waals surface area contributed by atoms with Crippen molar-refractivity contribution in [2.45, 2.75) is 18.1 Å². The highest BCUT2D eigenvalue weighted by atomic mass is 31.2. The van der Waals surface area contributed by atoms with Crippen LogP contribution in [0.5, 0.6) is 0 Å². The van der Waals surface area contributed by atoms with Gasteiger partial charge in [0.2, 0.25) is 0 Å². The minimum absolute atomic E-state index is 0.0363. The molecule has 0 aliphatic carbocycles. The first-order valence-corrected chi connectivity index (χ1v) is 9.17. The van der Waals surface area contributed by atoms with E-state index in [9.17, 15) is 14.6 Å². The van der Waals surface area contributed by atoms with Crippen molar-refractivity contribution in [2.75, 3.05) is 60.7 Å². The average molecular weight is 370 g/mol. The Morgan fingerprint density at radius 2 is 2.17 bits per heavy atom. The van der Waals surface area contributed by atoms with Gasteiger partial charge in [-0.25, -0.2) is 9.45 Å². The molecular formula is C14H29NO8P+. The van der Waals surface area contributed by atoms with Gasteiger partial charge >= 0.3 is 7.82 Å². The molecule has 2 N–H and O–H groups in total. The van der Waals surface area contributed by atoms with Crippen molar-refractivity contribution >= 4 is 7.82 Å². The van der Waals surface area contributed by atoms with Gasteiger partial charge in [0.15, 0.2) is 0 Å². The Kier molecular flexibility index (Phi) is 8.47. The summed E-state index contributed by atoms with van der Waals surface area (Å²) in [6.07, 6.45) is 2.21. The summed E-state index contributed by atoms with van der Waals surface area (Å²) in [6, 6.07) is 0. The molecule has 0 saturated carbocycles. The van der Waals surface area contributed by atoms with Gasteiger partial charge in [-0.3, -0.25) is 4.52 Å². The Labute approximate surface area is 142 Å². The summed E-state index contributed by atoms with van der Waals surface area (Å²) < 4.78 is 32.7. The van der Waals surface area contributed by atoms with Gasteiger partial charge in [0.25, 0.3) is 0 Å². The Morgan fingerprint density at radius 3 is 2.67 bits per heavy atom. The number of rotatable bonds is 11. The topological polar surface area (TPSA) is 104 Å². The molecule has 1 aliphatic rings. The summed E-state index contributed by atoms with van der Waals surface area (Å²) in [4.78, 5) is 14.3. The van der Waals surface area contributed by atoms with Gasteiger partial charge in [0.05, 0.1) is 47.1 Å². The van der Waals surface area contributed by atoms with Gasteiger partial charge in [-0.1, -0.05) is 6.08 Å². The minimum Gasteiger partial charge on any atom is -0.393 e. The molecule has 0 aromatic carbocycles. The maximum atomic E-state index is 11.7. The number of phosphoric ester groups is 1. The van der Waals surface area contributed by atoms with E-state index in [1.807, 2.05) is 21.1 Å². The summed E-state index contributed by atoms with van der Waals surface area (Å²) in [7, 11) is 1.44. The summed E-state index contributed by atoms with van der Waals surface area (Å²) >= 11 is 0. The second-order valence-electron chi connectivity index (χ2n) is 6.76. The first-order chi connectivity index (χ1) is 11.1. The largest absolute Gasteiger partial charge is 0.499 e. The molecule has 0 aromatic rings. The number of ether oxygens (including phenoxy) is 2. The van der Waals surface area contributed by atoms with Gasteiger partial charge in [0, 0.05) is 0 Å². The highest BCUT2D eigenvalue weighted by Gasteiger charge is 2.38. The molecule has 0 bridgehead atoms. The summed E-state index contributed by atoms with van der Waals surface area (Å²) in [5, 5.41) is 9.49. The summed E-state index contributed by atoms with van der Waals surface area (Å²) in [6.45, 7) is 3.86. The third-order valence-electron chi connectivity index (χ3n) is 3.36. The van der Waals surface area contributed by atoms with Gasteiger partial charge in [-0.2, -0.15) is 0 Å². The molecule has 9 nitrogen and oxygen atoms in total. The van der Waals surface area contributed by atoms with Crippen LogP contribution >= 0.6 is 7.82 Å². The lowest BCUT2D eigenvalue weighted by Gasteiger charge is -2.38. The maximum absolute atomic E-state index is 11.7. The number of aliphatic hydroxyl groups excluding tert-OH is 1. The lowest BCUT2D eigenvalue weighted by molar-refractivity contribution is -0.870. The monoisotopic (exact) mass is 370 g/mol. The van der Waals surface area contributed by atoms with Crippen molar-refractivity contribution in [3.05, 3.63) is 12.7 Å². The van der Waals surface area contributed by atoms with Crippen molar-refractivity contribution in [2.24, 2.45) is 0 Å². The normalized spacial score (nSPS) is 27.6. The fourth-order valence-corrected chi connectivity index (χ4v) is 2.36. The third kappa shape index (κ3) is 8.15. The Morgan fingerprint density at radius 1 is 1.46 bits per heavy atom. The number of phosphoric acid groups is 1. The van der Waals surface area contributed by atoms with E-state index in [4.69, 9.17) is 18.9 Å². The molecule has 0 amide bonds. The van der Waals surface area contributed by atoms with E-state index in [0.717, 1.165) is 0 Å². The van der Waals surface area contributed by atoms with Crippen LogP contribution in [0.25, 0.3) is 0 Å². The quantitative estimate of drug-likeness (QED) is 0.178. The maximum Gasteiger partial charge on any atom is 0.499 e. The first-order valence-electron chi connectivity index (χ1n) is 7.68. The molecule has 3 unspecified atom stereocenters. The number of nitrogens with zero attached hydrogens (tertiary/aromatic N) is 1. The van der Waals surface area contributed by atoms with Crippen LogP contribution in [0.2, 0.25) is 0 Å². The van der Waals surface area contributed by atoms with Crippen LogP contribution in [-0.4, -0.2) is 86.9 Å². The zero-order valence-electron chi connectivity index (χ0n) is 14.5. The van der Waals surface area contributed by atoms with Crippen molar-refractivity contribution in [3.63, 3.8) is 0 Å². The fraction of sp³-hybridized carbons (Fsp3) is 0.857. The number of aliphatic hydroxyl groups is 1. The highest BCUT2D eigenvalue weighted by molar-refractivity contribution is 7.47. The molecule has 1 saturated heterocycles. The molecule has 1 fully saturated rings. The number of quaternary nitrogens is 1. The Bertz CT molecular complexity index is 431. The van der Waals surface area contributed by atoms with E-state index in [1.54, 1.807) is 6.08 Å². The number of likely N-dealkylation sites (N-methyl/N-ethyl adjacent to an activating group) is 1. The Balaban J connectivity index is 2.35. The highest BCUT2D eigenvalue weighted by Crippen LogP contribution is 2.43. The summed E-state index contributed by atoms with van der Waals surface area (Å²) in [5.74, 6) is 0. The van der Waals surface area contributed by atoms with Gasteiger partial charge < -0.3 is 24.0 Å². The van der Waals surface area contributed by atoms with Crippen LogP contribution in [0.4, 0.5) is 0 Å². The predicted molar refractivity (Wildman–Crippen MR) is 86.0 cm³/mol. The second-order valence-corrected chi connectivity index (χ2v) is 8.11. The molecule has 0 radical (unpaired) electrons. The lowest BCUT2D eigenvalue weighted by atomic mass is 10.1. The number of hydrogen-bond acceptors (Lipinski definition) is 7. The first kappa shape index (κ1) is 21.7. The molecule has 24 heavy (non-hydrogen) atoms. The molecular weight excluding hydrogens is 341 g/mol. The van der Waals surface area contributed by atoms with Crippen LogP contribution in [0, 0.1) is 0 Å². The molecule has 1 heterocycles. The van der Waals surface area contributed by atoms with Crippen LogP contribution in [0.3, 0.4) is 0 Å². The van der Waals surface area contributed by atoms with Crippen LogP contribution in [0.15, 0.2) is 12.7 Å². The van der Waals surface area contributed by atoms with Crippen molar-refractivity contribution in [1.29, 1.82) is 0 Å². The SMILES string of the molecule is C=CCC1COC(CO)(COOP(=O)(O)OCC[N+](C)(C)C)CO1. The van der Waals surface area contributed by atoms with E-state index in [1.165, 1.54) is 0 Å². The van der Waals surface area contributed by atoms with Crippen LogP contribution < -0.4 is 0 Å². The minimum atomic E-state index is -4.33. The van der Waals surface area contributed by atoms with Gasteiger partial charge in [0.1, 0.15) is 25.4 Å². The van der Waals surface area contributed by atoms with Gasteiger partial charge in [-0.05, 0) is 6.42 Å². The fourth-order valence-electron chi connectivity index (χ4n) is 1.82. The van der Waals surface area contributed by atoms with E-state index in [-0.39, 0.29) is 39.1 Å². The van der Waals surface area contributed by atoms with E-state index in [0.29, 0.717) is 17.4 Å². The molecule has 3 atom stereocenters. The predicted octanol–water partition coefficient (Wildman–Crippen LogP) is 0.480. The average Bonchev–Trinajstić information content (AvgIpc) is 2.48. The van der Waals surface area contributed by atoms with Gasteiger partial charge in [-0.15, -0.1) is 11.3 Å². The molecule has 10 heteroatoms. The molecule has 1 aliphatic heterocycles. The van der Waals surface area contributed by atoms with Crippen LogP contribution in [-0.2, 0) is 28.1 Å². The molecule has 0 spiro atoms. The smallest absolute Gasteiger partial charge is 0.393 e. The third-order valence-corrected chi connectivity index (χ3v) is 4.16. The van der Waals surface area contributed by atoms with Crippen molar-refractivity contribution in [1.82, 2.24) is 0 Å². The zero-order valence-corrected chi connectivity index (χ0v) is 15.4. The van der Waals surface area contributed by atoms with Crippen molar-refractivity contribution in [3.8, 4) is 0 Å². The van der Waals surface area contributed by atoms with Crippen LogP contribution in [0.1, 0.15) is 6.42 Å². The lowest BCUT2D eigenvalue weighted by Crippen LogP contribution is -2.52. The molecule has 1 rings (SSSR count). The number of hydrogen-bond donors (Lipinski definition) is 2. The standard InChI is InChI=1S/C14H28NO8P/c1-5-6-13-9-20-14(10-16,11-19-13)12-21-23-24(17,18)22-8-7-15(2,3)4/h5,13,16H,1,6-12H2,2-4H3/p+1. The zero-order chi connectivity index (χ0) is 18.3. The molecule has 0 aromatic heterocycles. The van der Waals surface area contributed by atoms with E-state index in [2.05, 4.69) is 11.3 Å². The van der Waals surface area contributed by atoms with E-state index >= 15 is 0 Å². The Hall–Kier alpha value is -0.350.